The van der Waals surface area contributed by atoms with Gasteiger partial charge in [0.25, 0.3) is 0 Å². The van der Waals surface area contributed by atoms with Crippen LogP contribution in [0.1, 0.15) is 6.92 Å². The van der Waals surface area contributed by atoms with E-state index in [-0.39, 0.29) is 5.91 Å². The van der Waals surface area contributed by atoms with E-state index in [1.165, 1.54) is 0 Å². The van der Waals surface area contributed by atoms with Crippen molar-refractivity contribution < 1.29 is 9.53 Å². The lowest BCUT2D eigenvalue weighted by molar-refractivity contribution is -0.127. The highest BCUT2D eigenvalue weighted by atomic mass is 16.5. The van der Waals surface area contributed by atoms with Gasteiger partial charge in [-0.25, -0.2) is 9.97 Å². The number of amides is 1. The fraction of sp³-hybridized carbons (Fsp3) is 0.250. The summed E-state index contributed by atoms with van der Waals surface area (Å²) in [6, 6.07) is 9.25. The maximum Gasteiger partial charge on any atom is 0.239 e. The van der Waals surface area contributed by atoms with Crippen molar-refractivity contribution in [2.24, 2.45) is 0 Å². The van der Waals surface area contributed by atoms with Gasteiger partial charge in [0.1, 0.15) is 5.75 Å². The van der Waals surface area contributed by atoms with Crippen LogP contribution in [-0.2, 0) is 4.79 Å². The summed E-state index contributed by atoms with van der Waals surface area (Å²) in [4.78, 5) is 32.0. The number of benzene rings is 1. The van der Waals surface area contributed by atoms with Gasteiger partial charge < -0.3 is 14.5 Å². The summed E-state index contributed by atoms with van der Waals surface area (Å²) in [6.45, 7) is 2.78. The van der Waals surface area contributed by atoms with E-state index in [0.29, 0.717) is 36.4 Å². The third-order valence-corrected chi connectivity index (χ3v) is 4.20. The number of likely N-dealkylation sites (N-methyl/N-ethyl adjacent to an activating group) is 2. The van der Waals surface area contributed by atoms with Crippen molar-refractivity contribution in [2.45, 2.75) is 6.92 Å². The summed E-state index contributed by atoms with van der Waals surface area (Å²) in [5.74, 6) is 2.40. The summed E-state index contributed by atoms with van der Waals surface area (Å²) >= 11 is 0. The molecule has 144 valence electrons. The van der Waals surface area contributed by atoms with Crippen molar-refractivity contribution in [1.29, 1.82) is 0 Å². The lowest BCUT2D eigenvalue weighted by atomic mass is 10.2. The van der Waals surface area contributed by atoms with Crippen LogP contribution in [-0.4, -0.2) is 57.9 Å². The van der Waals surface area contributed by atoms with Crippen LogP contribution in [0.2, 0.25) is 0 Å². The molecule has 0 saturated carbocycles. The van der Waals surface area contributed by atoms with Crippen molar-refractivity contribution in [2.75, 3.05) is 32.1 Å². The SMILES string of the molecule is CC(=O)N(C)CCN(C)c1cncc(Oc2ccc(-c3ncccn3)cc2)n1. The molecule has 0 bridgehead atoms. The Hall–Kier alpha value is -3.55. The summed E-state index contributed by atoms with van der Waals surface area (Å²) in [5.41, 5.74) is 0.905. The molecule has 2 heterocycles. The maximum absolute atomic E-state index is 11.3. The lowest BCUT2D eigenvalue weighted by Gasteiger charge is -2.22. The van der Waals surface area contributed by atoms with E-state index >= 15 is 0 Å². The molecular weight excluding hydrogens is 356 g/mol. The summed E-state index contributed by atoms with van der Waals surface area (Å²) in [5, 5.41) is 0. The van der Waals surface area contributed by atoms with Crippen molar-refractivity contribution >= 4 is 11.7 Å². The van der Waals surface area contributed by atoms with Crippen molar-refractivity contribution in [1.82, 2.24) is 24.8 Å². The van der Waals surface area contributed by atoms with Gasteiger partial charge in [-0.1, -0.05) is 0 Å². The molecule has 3 aromatic rings. The second kappa shape index (κ2) is 8.90. The number of hydrogen-bond donors (Lipinski definition) is 0. The van der Waals surface area contributed by atoms with Gasteiger partial charge in [-0.05, 0) is 30.3 Å². The molecule has 0 aliphatic heterocycles. The second-order valence-electron chi connectivity index (χ2n) is 6.28. The van der Waals surface area contributed by atoms with Crippen LogP contribution in [0.15, 0.2) is 55.1 Å². The van der Waals surface area contributed by atoms with Gasteiger partial charge >= 0.3 is 0 Å². The van der Waals surface area contributed by atoms with Gasteiger partial charge in [0, 0.05) is 52.1 Å². The largest absolute Gasteiger partial charge is 0.437 e. The van der Waals surface area contributed by atoms with Crippen molar-refractivity contribution in [3.8, 4) is 23.0 Å². The quantitative estimate of drug-likeness (QED) is 0.625. The Balaban J connectivity index is 1.65. The third-order valence-electron chi connectivity index (χ3n) is 4.20. The van der Waals surface area contributed by atoms with Crippen LogP contribution < -0.4 is 9.64 Å². The molecule has 0 aliphatic rings. The highest BCUT2D eigenvalue weighted by molar-refractivity contribution is 5.72. The minimum absolute atomic E-state index is 0.0286. The Kier molecular flexibility index (Phi) is 6.11. The number of ether oxygens (including phenoxy) is 1. The number of carbonyl (C=O) groups is 1. The van der Waals surface area contributed by atoms with E-state index in [0.717, 1.165) is 5.56 Å². The van der Waals surface area contributed by atoms with E-state index in [1.807, 2.05) is 36.2 Å². The predicted molar refractivity (Wildman–Crippen MR) is 106 cm³/mol. The van der Waals surface area contributed by atoms with Crippen molar-refractivity contribution in [3.63, 3.8) is 0 Å². The molecule has 1 aromatic carbocycles. The first kappa shape index (κ1) is 19.2. The molecule has 0 radical (unpaired) electrons. The fourth-order valence-corrected chi connectivity index (χ4v) is 2.38. The molecule has 0 atom stereocenters. The summed E-state index contributed by atoms with van der Waals surface area (Å²) in [7, 11) is 3.67. The van der Waals surface area contributed by atoms with Crippen LogP contribution in [0.5, 0.6) is 11.6 Å². The minimum Gasteiger partial charge on any atom is -0.437 e. The molecule has 8 heteroatoms. The highest BCUT2D eigenvalue weighted by Gasteiger charge is 2.09. The van der Waals surface area contributed by atoms with Gasteiger partial charge in [0.2, 0.25) is 11.8 Å². The van der Waals surface area contributed by atoms with Gasteiger partial charge in [-0.2, -0.15) is 4.98 Å². The molecule has 3 rings (SSSR count). The van der Waals surface area contributed by atoms with Crippen LogP contribution in [0.25, 0.3) is 11.4 Å². The molecule has 0 fully saturated rings. The third kappa shape index (κ3) is 5.00. The molecule has 0 saturated heterocycles. The molecular formula is C20H22N6O2. The van der Waals surface area contributed by atoms with Crippen molar-refractivity contribution in [3.05, 3.63) is 55.1 Å². The zero-order valence-corrected chi connectivity index (χ0v) is 16.1. The molecule has 0 aliphatic carbocycles. The molecule has 0 N–H and O–H groups in total. The first-order chi connectivity index (χ1) is 13.5. The Morgan fingerprint density at radius 1 is 1.04 bits per heavy atom. The van der Waals surface area contributed by atoms with Crippen LogP contribution in [0, 0.1) is 0 Å². The van der Waals surface area contributed by atoms with E-state index in [1.54, 1.807) is 49.7 Å². The fourth-order valence-electron chi connectivity index (χ4n) is 2.38. The average molecular weight is 378 g/mol. The van der Waals surface area contributed by atoms with E-state index in [9.17, 15) is 4.79 Å². The predicted octanol–water partition coefficient (Wildman–Crippen LogP) is 2.64. The zero-order chi connectivity index (χ0) is 19.9. The molecule has 2 aromatic heterocycles. The Morgan fingerprint density at radius 2 is 1.75 bits per heavy atom. The lowest BCUT2D eigenvalue weighted by Crippen LogP contribution is -2.33. The van der Waals surface area contributed by atoms with Gasteiger partial charge in [-0.15, -0.1) is 0 Å². The first-order valence-corrected chi connectivity index (χ1v) is 8.83. The number of anilines is 1. The zero-order valence-electron chi connectivity index (χ0n) is 16.1. The summed E-state index contributed by atoms with van der Waals surface area (Å²) < 4.78 is 5.82. The topological polar surface area (TPSA) is 84.3 Å². The normalized spacial score (nSPS) is 10.4. The van der Waals surface area contributed by atoms with Gasteiger partial charge in [0.15, 0.2) is 11.6 Å². The number of carbonyl (C=O) groups excluding carboxylic acids is 1. The van der Waals surface area contributed by atoms with Gasteiger partial charge in [0.05, 0.1) is 12.4 Å². The van der Waals surface area contributed by atoms with Gasteiger partial charge in [-0.3, -0.25) is 9.78 Å². The van der Waals surface area contributed by atoms with E-state index in [2.05, 4.69) is 19.9 Å². The molecule has 28 heavy (non-hydrogen) atoms. The number of nitrogens with zero attached hydrogens (tertiary/aromatic N) is 6. The Morgan fingerprint density at radius 3 is 2.43 bits per heavy atom. The highest BCUT2D eigenvalue weighted by Crippen LogP contribution is 2.23. The Labute approximate surface area is 163 Å². The first-order valence-electron chi connectivity index (χ1n) is 8.83. The van der Waals surface area contributed by atoms with Crippen LogP contribution in [0.3, 0.4) is 0 Å². The minimum atomic E-state index is 0.0286. The maximum atomic E-state index is 11.3. The van der Waals surface area contributed by atoms with E-state index < -0.39 is 0 Å². The number of hydrogen-bond acceptors (Lipinski definition) is 7. The monoisotopic (exact) mass is 378 g/mol. The average Bonchev–Trinajstić information content (AvgIpc) is 2.73. The standard InChI is InChI=1S/C20H22N6O2/c1-15(27)25(2)11-12-26(3)18-13-21-14-19(24-18)28-17-7-5-16(6-8-17)20-22-9-4-10-23-20/h4-10,13-14H,11-12H2,1-3H3. The smallest absolute Gasteiger partial charge is 0.239 e. The molecule has 1 amide bonds. The Bertz CT molecular complexity index is 917. The molecule has 0 spiro atoms. The van der Waals surface area contributed by atoms with Crippen LogP contribution >= 0.6 is 0 Å². The molecule has 8 nitrogen and oxygen atoms in total. The van der Waals surface area contributed by atoms with Crippen LogP contribution in [0.4, 0.5) is 5.82 Å². The summed E-state index contributed by atoms with van der Waals surface area (Å²) in [6.07, 6.45) is 6.64. The molecule has 0 unspecified atom stereocenters. The second-order valence-corrected chi connectivity index (χ2v) is 6.28. The number of rotatable bonds is 7. The number of aromatic nitrogens is 4. The van der Waals surface area contributed by atoms with E-state index in [4.69, 9.17) is 4.74 Å².